The second kappa shape index (κ2) is 6.27. The molecule has 4 nitrogen and oxygen atoms in total. The summed E-state index contributed by atoms with van der Waals surface area (Å²) < 4.78 is 0. The first kappa shape index (κ1) is 15.5. The number of anilines is 1. The first-order valence-electron chi connectivity index (χ1n) is 7.43. The summed E-state index contributed by atoms with van der Waals surface area (Å²) in [5.74, 6) is 1.72. The van der Waals surface area contributed by atoms with Crippen molar-refractivity contribution >= 4 is 17.4 Å². The first-order chi connectivity index (χ1) is 9.48. The Morgan fingerprint density at radius 1 is 1.30 bits per heavy atom. The Bertz CT molecular complexity index is 469. The fourth-order valence-electron chi connectivity index (χ4n) is 2.66. The number of aryl methyl sites for hydroxylation is 1. The van der Waals surface area contributed by atoms with Crippen molar-refractivity contribution in [1.82, 2.24) is 14.9 Å². The molecule has 0 radical (unpaired) electrons. The van der Waals surface area contributed by atoms with Crippen LogP contribution in [0.3, 0.4) is 0 Å². The molecule has 2 rings (SSSR count). The predicted octanol–water partition coefficient (Wildman–Crippen LogP) is 3.29. The van der Waals surface area contributed by atoms with Crippen LogP contribution in [0.5, 0.6) is 0 Å². The lowest BCUT2D eigenvalue weighted by molar-refractivity contribution is 0.0738. The van der Waals surface area contributed by atoms with Gasteiger partial charge in [-0.2, -0.15) is 0 Å². The van der Waals surface area contributed by atoms with E-state index >= 15 is 0 Å². The molecule has 20 heavy (non-hydrogen) atoms. The van der Waals surface area contributed by atoms with Crippen LogP contribution >= 0.6 is 11.6 Å². The van der Waals surface area contributed by atoms with E-state index in [1.807, 2.05) is 6.92 Å². The van der Waals surface area contributed by atoms with Crippen molar-refractivity contribution in [3.8, 4) is 0 Å². The van der Waals surface area contributed by atoms with Gasteiger partial charge >= 0.3 is 0 Å². The highest BCUT2D eigenvalue weighted by molar-refractivity contribution is 6.30. The minimum atomic E-state index is 0.273. The van der Waals surface area contributed by atoms with Crippen molar-refractivity contribution in [3.63, 3.8) is 0 Å². The SMILES string of the molecule is CCCc1nc(Cl)c(C)c(NCC2(N(C)C)CCC2)n1. The lowest BCUT2D eigenvalue weighted by Gasteiger charge is -2.47. The lowest BCUT2D eigenvalue weighted by atomic mass is 9.75. The summed E-state index contributed by atoms with van der Waals surface area (Å²) in [6.45, 7) is 5.02. The number of nitrogens with one attached hydrogen (secondary N) is 1. The van der Waals surface area contributed by atoms with Gasteiger partial charge in [0, 0.05) is 24.1 Å². The maximum Gasteiger partial charge on any atom is 0.137 e. The monoisotopic (exact) mass is 296 g/mol. The zero-order valence-corrected chi connectivity index (χ0v) is 13.7. The standard InChI is InChI=1S/C15H25ClN4/c1-5-7-12-18-13(16)11(2)14(19-12)17-10-15(20(3)4)8-6-9-15/h5-10H2,1-4H3,(H,17,18,19). The van der Waals surface area contributed by atoms with Gasteiger partial charge in [0.1, 0.15) is 16.8 Å². The smallest absolute Gasteiger partial charge is 0.137 e. The number of aromatic nitrogens is 2. The molecule has 1 N–H and O–H groups in total. The fraction of sp³-hybridized carbons (Fsp3) is 0.733. The fourth-order valence-corrected chi connectivity index (χ4v) is 2.84. The molecule has 1 aromatic heterocycles. The van der Waals surface area contributed by atoms with Gasteiger partial charge < -0.3 is 10.2 Å². The van der Waals surface area contributed by atoms with E-state index in [0.717, 1.165) is 36.6 Å². The van der Waals surface area contributed by atoms with Crippen LogP contribution < -0.4 is 5.32 Å². The average Bonchev–Trinajstić information content (AvgIpc) is 2.33. The number of likely N-dealkylation sites (N-methyl/N-ethyl adjacent to an activating group) is 1. The van der Waals surface area contributed by atoms with Crippen LogP contribution in [0.4, 0.5) is 5.82 Å². The summed E-state index contributed by atoms with van der Waals surface area (Å²) in [6.07, 6.45) is 5.69. The topological polar surface area (TPSA) is 41.1 Å². The van der Waals surface area contributed by atoms with Crippen LogP contribution in [0.2, 0.25) is 5.15 Å². The third-order valence-corrected chi connectivity index (χ3v) is 4.79. The number of halogens is 1. The summed E-state index contributed by atoms with van der Waals surface area (Å²) in [5, 5.41) is 4.07. The Morgan fingerprint density at radius 3 is 2.50 bits per heavy atom. The highest BCUT2D eigenvalue weighted by atomic mass is 35.5. The molecule has 1 aliphatic carbocycles. The van der Waals surface area contributed by atoms with Gasteiger partial charge in [0.15, 0.2) is 0 Å². The third-order valence-electron chi connectivity index (χ3n) is 4.42. The summed E-state index contributed by atoms with van der Waals surface area (Å²) in [5.41, 5.74) is 1.22. The summed E-state index contributed by atoms with van der Waals surface area (Å²) in [4.78, 5) is 11.3. The van der Waals surface area contributed by atoms with Crippen LogP contribution in [0.25, 0.3) is 0 Å². The van der Waals surface area contributed by atoms with Crippen molar-refractivity contribution in [3.05, 3.63) is 16.5 Å². The molecule has 0 unspecified atom stereocenters. The van der Waals surface area contributed by atoms with Crippen LogP contribution in [0.15, 0.2) is 0 Å². The summed E-state index contributed by atoms with van der Waals surface area (Å²) >= 11 is 6.21. The van der Waals surface area contributed by atoms with Crippen molar-refractivity contribution in [1.29, 1.82) is 0 Å². The predicted molar refractivity (Wildman–Crippen MR) is 84.5 cm³/mol. The van der Waals surface area contributed by atoms with E-state index in [1.165, 1.54) is 19.3 Å². The molecule has 0 atom stereocenters. The van der Waals surface area contributed by atoms with E-state index in [4.69, 9.17) is 11.6 Å². The Hall–Kier alpha value is -0.870. The highest BCUT2D eigenvalue weighted by Gasteiger charge is 2.38. The maximum atomic E-state index is 6.21. The van der Waals surface area contributed by atoms with Gasteiger partial charge in [-0.15, -0.1) is 0 Å². The van der Waals surface area contributed by atoms with Crippen molar-refractivity contribution in [2.45, 2.75) is 51.5 Å². The normalized spacial score (nSPS) is 17.1. The molecule has 0 spiro atoms. The van der Waals surface area contributed by atoms with Crippen LogP contribution in [0, 0.1) is 6.92 Å². The van der Waals surface area contributed by atoms with Gasteiger partial charge in [-0.25, -0.2) is 9.97 Å². The molecule has 0 bridgehead atoms. The van der Waals surface area contributed by atoms with Gasteiger partial charge in [0.05, 0.1) is 0 Å². The van der Waals surface area contributed by atoms with E-state index < -0.39 is 0 Å². The molecule has 1 fully saturated rings. The van der Waals surface area contributed by atoms with Crippen molar-refractivity contribution < 1.29 is 0 Å². The average molecular weight is 297 g/mol. The molecule has 0 aromatic carbocycles. The van der Waals surface area contributed by atoms with Gasteiger partial charge in [-0.3, -0.25) is 0 Å². The number of nitrogens with zero attached hydrogens (tertiary/aromatic N) is 3. The first-order valence-corrected chi connectivity index (χ1v) is 7.80. The summed E-state index contributed by atoms with van der Waals surface area (Å²) in [7, 11) is 4.31. The van der Waals surface area contributed by atoms with Crippen LogP contribution in [-0.2, 0) is 6.42 Å². The second-order valence-electron chi connectivity index (χ2n) is 5.98. The Kier molecular flexibility index (Phi) is 4.86. The summed E-state index contributed by atoms with van der Waals surface area (Å²) in [6, 6.07) is 0. The molecular formula is C15H25ClN4. The third kappa shape index (κ3) is 3.07. The quantitative estimate of drug-likeness (QED) is 0.818. The molecule has 1 aromatic rings. The van der Waals surface area contributed by atoms with E-state index in [9.17, 15) is 0 Å². The van der Waals surface area contributed by atoms with Gasteiger partial charge in [0.2, 0.25) is 0 Å². The van der Waals surface area contributed by atoms with Crippen molar-refractivity contribution in [2.24, 2.45) is 0 Å². The van der Waals surface area contributed by atoms with Crippen LogP contribution in [0.1, 0.15) is 44.0 Å². The zero-order chi connectivity index (χ0) is 14.8. The molecule has 0 saturated heterocycles. The number of rotatable bonds is 6. The minimum absolute atomic E-state index is 0.273. The molecule has 5 heteroatoms. The Morgan fingerprint density at radius 2 is 2.00 bits per heavy atom. The van der Waals surface area contributed by atoms with Crippen LogP contribution in [-0.4, -0.2) is 41.0 Å². The lowest BCUT2D eigenvalue weighted by Crippen LogP contribution is -2.54. The molecule has 112 valence electrons. The van der Waals surface area contributed by atoms with E-state index in [2.05, 4.69) is 41.2 Å². The van der Waals surface area contributed by atoms with E-state index in [1.54, 1.807) is 0 Å². The van der Waals surface area contributed by atoms with Gasteiger partial charge in [-0.1, -0.05) is 18.5 Å². The van der Waals surface area contributed by atoms with E-state index in [-0.39, 0.29) is 5.54 Å². The maximum absolute atomic E-state index is 6.21. The number of hydrogen-bond acceptors (Lipinski definition) is 4. The van der Waals surface area contributed by atoms with Gasteiger partial charge in [-0.05, 0) is 46.7 Å². The minimum Gasteiger partial charge on any atom is -0.368 e. The molecular weight excluding hydrogens is 272 g/mol. The number of hydrogen-bond donors (Lipinski definition) is 1. The molecule has 1 heterocycles. The second-order valence-corrected chi connectivity index (χ2v) is 6.34. The highest BCUT2D eigenvalue weighted by Crippen LogP contribution is 2.36. The van der Waals surface area contributed by atoms with Gasteiger partial charge in [0.25, 0.3) is 0 Å². The molecule has 1 aliphatic rings. The Labute approximate surface area is 126 Å². The molecule has 0 aliphatic heterocycles. The molecule has 1 saturated carbocycles. The zero-order valence-electron chi connectivity index (χ0n) is 13.0. The Balaban J connectivity index is 2.12. The molecule has 0 amide bonds. The largest absolute Gasteiger partial charge is 0.368 e. The van der Waals surface area contributed by atoms with Crippen molar-refractivity contribution in [2.75, 3.05) is 26.0 Å². The van der Waals surface area contributed by atoms with E-state index in [0.29, 0.717) is 5.15 Å².